The molecule has 3 heterocycles. The highest BCUT2D eigenvalue weighted by Gasteiger charge is 2.20. The standard InChI is InChI=1S/C48H30N4/c1-3-15-32(16-4-1)46-39-23-9-11-24-42(39)49-48(50-46)33-17-13-20-35(28-33)52-45-29-40-37-22-10-12-25-43(37)51(34-18-5-2-6-19-34)44(40)30-41(45)38-27-26-31-14-7-8-21-36(31)47(38)52/h1-30H. The van der Waals surface area contributed by atoms with E-state index < -0.39 is 0 Å². The summed E-state index contributed by atoms with van der Waals surface area (Å²) in [5.74, 6) is 0.707. The van der Waals surface area contributed by atoms with Gasteiger partial charge in [0.1, 0.15) is 0 Å². The van der Waals surface area contributed by atoms with Gasteiger partial charge in [-0.15, -0.1) is 0 Å². The molecule has 0 spiro atoms. The molecule has 11 aromatic rings. The Labute approximate surface area is 299 Å². The van der Waals surface area contributed by atoms with Crippen molar-refractivity contribution in [1.29, 1.82) is 0 Å². The lowest BCUT2D eigenvalue weighted by Gasteiger charge is -2.13. The highest BCUT2D eigenvalue weighted by Crippen LogP contribution is 2.42. The van der Waals surface area contributed by atoms with Crippen molar-refractivity contribution in [2.24, 2.45) is 0 Å². The maximum Gasteiger partial charge on any atom is 0.160 e. The Morgan fingerprint density at radius 2 is 0.981 bits per heavy atom. The minimum Gasteiger partial charge on any atom is -0.309 e. The molecule has 0 amide bonds. The molecule has 242 valence electrons. The highest BCUT2D eigenvalue weighted by molar-refractivity contribution is 6.23. The summed E-state index contributed by atoms with van der Waals surface area (Å²) in [6.07, 6.45) is 0. The van der Waals surface area contributed by atoms with Crippen molar-refractivity contribution in [2.75, 3.05) is 0 Å². The highest BCUT2D eigenvalue weighted by atomic mass is 15.0. The smallest absolute Gasteiger partial charge is 0.160 e. The summed E-state index contributed by atoms with van der Waals surface area (Å²) in [4.78, 5) is 10.3. The van der Waals surface area contributed by atoms with Crippen LogP contribution in [0.1, 0.15) is 0 Å². The van der Waals surface area contributed by atoms with E-state index >= 15 is 0 Å². The molecule has 4 nitrogen and oxygen atoms in total. The van der Waals surface area contributed by atoms with Crippen molar-refractivity contribution in [3.05, 3.63) is 182 Å². The summed E-state index contributed by atoms with van der Waals surface area (Å²) in [6, 6.07) is 64.9. The third kappa shape index (κ3) is 4.28. The van der Waals surface area contributed by atoms with Gasteiger partial charge < -0.3 is 9.13 Å². The fourth-order valence-electron chi connectivity index (χ4n) is 8.17. The summed E-state index contributed by atoms with van der Waals surface area (Å²) >= 11 is 0. The van der Waals surface area contributed by atoms with Crippen LogP contribution in [0.25, 0.3) is 99.3 Å². The summed E-state index contributed by atoms with van der Waals surface area (Å²) in [7, 11) is 0. The van der Waals surface area contributed by atoms with Crippen LogP contribution in [0.2, 0.25) is 0 Å². The molecule has 0 aliphatic heterocycles. The quantitative estimate of drug-likeness (QED) is 0.188. The Kier molecular flexibility index (Phi) is 6.22. The van der Waals surface area contributed by atoms with E-state index in [2.05, 4.69) is 179 Å². The van der Waals surface area contributed by atoms with Gasteiger partial charge in [-0.25, -0.2) is 9.97 Å². The largest absolute Gasteiger partial charge is 0.309 e. The van der Waals surface area contributed by atoms with E-state index in [1.807, 2.05) is 12.1 Å². The van der Waals surface area contributed by atoms with Gasteiger partial charge in [-0.2, -0.15) is 0 Å². The van der Waals surface area contributed by atoms with Crippen LogP contribution in [-0.4, -0.2) is 19.1 Å². The Morgan fingerprint density at radius 3 is 1.83 bits per heavy atom. The van der Waals surface area contributed by atoms with Crippen molar-refractivity contribution in [3.8, 4) is 34.0 Å². The molecule has 52 heavy (non-hydrogen) atoms. The second kappa shape index (κ2) is 11.2. The van der Waals surface area contributed by atoms with Crippen LogP contribution in [-0.2, 0) is 0 Å². The molecule has 8 aromatic carbocycles. The topological polar surface area (TPSA) is 35.6 Å². The first kappa shape index (κ1) is 28.8. The second-order valence-electron chi connectivity index (χ2n) is 13.4. The number of fused-ring (bicyclic) bond motifs is 9. The third-order valence-corrected chi connectivity index (χ3v) is 10.5. The van der Waals surface area contributed by atoms with Gasteiger partial charge in [-0.1, -0.05) is 133 Å². The normalized spacial score (nSPS) is 11.8. The van der Waals surface area contributed by atoms with Crippen LogP contribution in [0, 0.1) is 0 Å². The average Bonchev–Trinajstić information content (AvgIpc) is 3.72. The molecule has 0 fully saturated rings. The summed E-state index contributed by atoms with van der Waals surface area (Å²) < 4.78 is 4.85. The summed E-state index contributed by atoms with van der Waals surface area (Å²) in [6.45, 7) is 0. The maximum absolute atomic E-state index is 5.22. The predicted molar refractivity (Wildman–Crippen MR) is 217 cm³/mol. The first-order valence-corrected chi connectivity index (χ1v) is 17.7. The number of hydrogen-bond acceptors (Lipinski definition) is 2. The SMILES string of the molecule is c1ccc(-c2nc(-c3cccc(-n4c5cc6c7ccccc7n(-c7ccccc7)c6cc5c5ccc6ccccc6c54)c3)nc3ccccc23)cc1. The van der Waals surface area contributed by atoms with Crippen LogP contribution < -0.4 is 0 Å². The fraction of sp³-hybridized carbons (Fsp3) is 0. The van der Waals surface area contributed by atoms with E-state index in [-0.39, 0.29) is 0 Å². The van der Waals surface area contributed by atoms with Crippen LogP contribution in [0.5, 0.6) is 0 Å². The lowest BCUT2D eigenvalue weighted by atomic mass is 10.0. The Morgan fingerprint density at radius 1 is 0.346 bits per heavy atom. The molecule has 0 aliphatic carbocycles. The van der Waals surface area contributed by atoms with Crippen molar-refractivity contribution in [1.82, 2.24) is 19.1 Å². The van der Waals surface area contributed by atoms with Gasteiger partial charge >= 0.3 is 0 Å². The van der Waals surface area contributed by atoms with Crippen molar-refractivity contribution in [2.45, 2.75) is 0 Å². The number of benzene rings is 8. The molecular weight excluding hydrogens is 633 g/mol. The Balaban J connectivity index is 1.22. The summed E-state index contributed by atoms with van der Waals surface area (Å²) in [5.41, 5.74) is 10.9. The lowest BCUT2D eigenvalue weighted by Crippen LogP contribution is -1.98. The minimum atomic E-state index is 0.707. The molecule has 0 bridgehead atoms. The monoisotopic (exact) mass is 662 g/mol. The van der Waals surface area contributed by atoms with Crippen LogP contribution in [0.4, 0.5) is 0 Å². The zero-order valence-electron chi connectivity index (χ0n) is 28.1. The second-order valence-corrected chi connectivity index (χ2v) is 13.4. The van der Waals surface area contributed by atoms with Gasteiger partial charge in [-0.05, 0) is 53.9 Å². The van der Waals surface area contributed by atoms with Gasteiger partial charge in [0.25, 0.3) is 0 Å². The van der Waals surface area contributed by atoms with Crippen LogP contribution in [0.15, 0.2) is 182 Å². The third-order valence-electron chi connectivity index (χ3n) is 10.5. The van der Waals surface area contributed by atoms with Crippen molar-refractivity contribution < 1.29 is 0 Å². The van der Waals surface area contributed by atoms with Gasteiger partial charge in [0, 0.05) is 54.8 Å². The molecule has 0 N–H and O–H groups in total. The zero-order valence-corrected chi connectivity index (χ0v) is 28.1. The van der Waals surface area contributed by atoms with Crippen LogP contribution >= 0.6 is 0 Å². The van der Waals surface area contributed by atoms with E-state index in [4.69, 9.17) is 9.97 Å². The van der Waals surface area contributed by atoms with E-state index in [0.29, 0.717) is 5.82 Å². The van der Waals surface area contributed by atoms with E-state index in [9.17, 15) is 0 Å². The molecule has 3 aromatic heterocycles. The Bertz CT molecular complexity index is 3170. The van der Waals surface area contributed by atoms with Gasteiger partial charge in [-0.3, -0.25) is 0 Å². The molecule has 0 unspecified atom stereocenters. The first-order valence-electron chi connectivity index (χ1n) is 17.7. The van der Waals surface area contributed by atoms with Crippen LogP contribution in [0.3, 0.4) is 0 Å². The van der Waals surface area contributed by atoms with Gasteiger partial charge in [0.2, 0.25) is 0 Å². The molecule has 0 radical (unpaired) electrons. The zero-order chi connectivity index (χ0) is 34.2. The number of para-hydroxylation sites is 3. The molecule has 0 atom stereocenters. The minimum absolute atomic E-state index is 0.707. The summed E-state index contributed by atoms with van der Waals surface area (Å²) in [5, 5.41) is 8.37. The van der Waals surface area contributed by atoms with Gasteiger partial charge in [0.05, 0.1) is 33.3 Å². The fourth-order valence-corrected chi connectivity index (χ4v) is 8.17. The molecule has 0 aliphatic rings. The molecule has 0 saturated carbocycles. The van der Waals surface area contributed by atoms with Crippen molar-refractivity contribution >= 4 is 65.3 Å². The van der Waals surface area contributed by atoms with Gasteiger partial charge in [0.15, 0.2) is 5.82 Å². The number of hydrogen-bond donors (Lipinski definition) is 0. The van der Waals surface area contributed by atoms with E-state index in [1.54, 1.807) is 0 Å². The number of rotatable bonds is 4. The number of aromatic nitrogens is 4. The molecule has 4 heteroatoms. The Hall–Kier alpha value is -7.04. The van der Waals surface area contributed by atoms with E-state index in [0.717, 1.165) is 44.6 Å². The van der Waals surface area contributed by atoms with E-state index in [1.165, 1.54) is 48.9 Å². The molecule has 0 saturated heterocycles. The first-order chi connectivity index (χ1) is 25.8. The maximum atomic E-state index is 5.22. The predicted octanol–water partition coefficient (Wildman–Crippen LogP) is 12.3. The lowest BCUT2D eigenvalue weighted by molar-refractivity contribution is 1.17. The number of nitrogens with zero attached hydrogens (tertiary/aromatic N) is 4. The molecule has 11 rings (SSSR count). The average molecular weight is 663 g/mol. The molecular formula is C48H30N4. The van der Waals surface area contributed by atoms with Crippen molar-refractivity contribution in [3.63, 3.8) is 0 Å².